The second kappa shape index (κ2) is 8.80. The maximum Gasteiger partial charge on any atom is 0.239 e. The molecule has 4 nitrogen and oxygen atoms in total. The molecule has 2 atom stereocenters. The van der Waals surface area contributed by atoms with Gasteiger partial charge < -0.3 is 10.1 Å². The number of hydrogen-bond acceptors (Lipinski definition) is 3. The lowest BCUT2D eigenvalue weighted by molar-refractivity contribution is -0.115. The van der Waals surface area contributed by atoms with Gasteiger partial charge in [0.05, 0.1) is 23.1 Å². The standard InChI is InChI=1S/C17H17ClFNO3S/c1-12(17(21)20-15-8-4-3-7-14(15)19)24(22)11-10-23-16-9-5-2-6-13(16)18/h2-9,12H,10-11H2,1H3,(H,20,21)/t12-,24-/m0/s1. The molecule has 24 heavy (non-hydrogen) atoms. The highest BCUT2D eigenvalue weighted by molar-refractivity contribution is 7.86. The van der Waals surface area contributed by atoms with E-state index in [0.29, 0.717) is 10.8 Å². The van der Waals surface area contributed by atoms with Gasteiger partial charge in [-0.3, -0.25) is 9.00 Å². The fraction of sp³-hybridized carbons (Fsp3) is 0.235. The van der Waals surface area contributed by atoms with E-state index in [2.05, 4.69) is 5.32 Å². The van der Waals surface area contributed by atoms with Gasteiger partial charge >= 0.3 is 0 Å². The van der Waals surface area contributed by atoms with Crippen LogP contribution in [0.5, 0.6) is 5.75 Å². The molecule has 0 spiro atoms. The Morgan fingerprint density at radius 2 is 1.92 bits per heavy atom. The van der Waals surface area contributed by atoms with Gasteiger partial charge in [-0.1, -0.05) is 35.9 Å². The van der Waals surface area contributed by atoms with E-state index in [1.807, 2.05) is 0 Å². The third-order valence-electron chi connectivity index (χ3n) is 3.27. The van der Waals surface area contributed by atoms with Gasteiger partial charge in [0, 0.05) is 10.8 Å². The van der Waals surface area contributed by atoms with E-state index < -0.39 is 27.8 Å². The first-order valence-corrected chi connectivity index (χ1v) is 9.05. The van der Waals surface area contributed by atoms with Crippen LogP contribution in [0.15, 0.2) is 48.5 Å². The van der Waals surface area contributed by atoms with Gasteiger partial charge in [-0.15, -0.1) is 0 Å². The number of carbonyl (C=O) groups excluding carboxylic acids is 1. The summed E-state index contributed by atoms with van der Waals surface area (Å²) in [5, 5.41) is 2.11. The average molecular weight is 370 g/mol. The molecule has 0 aliphatic carbocycles. The summed E-state index contributed by atoms with van der Waals surface area (Å²) in [7, 11) is -1.46. The summed E-state index contributed by atoms with van der Waals surface area (Å²) >= 11 is 5.96. The monoisotopic (exact) mass is 369 g/mol. The van der Waals surface area contributed by atoms with Crippen molar-refractivity contribution in [3.8, 4) is 5.75 Å². The zero-order valence-corrected chi connectivity index (χ0v) is 14.6. The highest BCUT2D eigenvalue weighted by Crippen LogP contribution is 2.23. The van der Waals surface area contributed by atoms with Crippen molar-refractivity contribution in [3.05, 3.63) is 59.4 Å². The van der Waals surface area contributed by atoms with Gasteiger partial charge in [0.25, 0.3) is 0 Å². The SMILES string of the molecule is C[C@@H](C(=O)Nc1ccccc1F)[S@@](=O)CCOc1ccccc1Cl. The number of para-hydroxylation sites is 2. The number of nitrogens with one attached hydrogen (secondary N) is 1. The minimum Gasteiger partial charge on any atom is -0.491 e. The predicted octanol–water partition coefficient (Wildman–Crippen LogP) is 3.63. The smallest absolute Gasteiger partial charge is 0.239 e. The van der Waals surface area contributed by atoms with Crippen LogP contribution in [0, 0.1) is 5.82 Å². The van der Waals surface area contributed by atoms with Crippen molar-refractivity contribution in [2.45, 2.75) is 12.2 Å². The summed E-state index contributed by atoms with van der Waals surface area (Å²) in [6.07, 6.45) is 0. The first-order valence-electron chi connectivity index (χ1n) is 7.29. The number of carbonyl (C=O) groups is 1. The van der Waals surface area contributed by atoms with Gasteiger partial charge in [0.2, 0.25) is 5.91 Å². The van der Waals surface area contributed by atoms with Gasteiger partial charge in [0.15, 0.2) is 0 Å². The molecule has 2 aromatic rings. The lowest BCUT2D eigenvalue weighted by atomic mass is 10.3. The molecule has 0 unspecified atom stereocenters. The molecule has 1 N–H and O–H groups in total. The number of benzene rings is 2. The molecule has 2 rings (SSSR count). The number of hydrogen-bond donors (Lipinski definition) is 1. The Morgan fingerprint density at radius 1 is 1.25 bits per heavy atom. The Labute approximate surface area is 147 Å². The van der Waals surface area contributed by atoms with Crippen molar-refractivity contribution in [1.29, 1.82) is 0 Å². The number of ether oxygens (including phenoxy) is 1. The van der Waals surface area contributed by atoms with Gasteiger partial charge in [-0.25, -0.2) is 4.39 Å². The van der Waals surface area contributed by atoms with E-state index >= 15 is 0 Å². The number of anilines is 1. The minimum absolute atomic E-state index is 0.0682. The number of halogens is 2. The Balaban J connectivity index is 1.84. The molecule has 0 saturated carbocycles. The summed E-state index contributed by atoms with van der Waals surface area (Å²) < 4.78 is 31.2. The summed E-state index contributed by atoms with van der Waals surface area (Å²) in [6, 6.07) is 12.8. The van der Waals surface area contributed by atoms with Crippen molar-refractivity contribution in [3.63, 3.8) is 0 Å². The largest absolute Gasteiger partial charge is 0.491 e. The number of amides is 1. The summed E-state index contributed by atoms with van der Waals surface area (Å²) in [6.45, 7) is 1.69. The normalized spacial score (nSPS) is 13.1. The maximum atomic E-state index is 13.5. The quantitative estimate of drug-likeness (QED) is 0.810. The first kappa shape index (κ1) is 18.4. The molecule has 0 bridgehead atoms. The summed E-state index contributed by atoms with van der Waals surface area (Å²) in [5.74, 6) is -0.376. The third kappa shape index (κ3) is 5.04. The molecule has 1 amide bonds. The van der Waals surface area contributed by atoms with Gasteiger partial charge in [-0.2, -0.15) is 0 Å². The Bertz CT molecular complexity index is 741. The second-order valence-corrected chi connectivity index (χ2v) is 7.26. The van der Waals surface area contributed by atoms with Crippen LogP contribution in [-0.2, 0) is 15.6 Å². The molecular formula is C17H17ClFNO3S. The molecule has 0 aromatic heterocycles. The van der Waals surface area contributed by atoms with Crippen molar-refractivity contribution >= 4 is 34.0 Å². The maximum absolute atomic E-state index is 13.5. The average Bonchev–Trinajstić information content (AvgIpc) is 2.57. The zero-order valence-electron chi connectivity index (χ0n) is 13.0. The fourth-order valence-corrected chi connectivity index (χ4v) is 2.98. The van der Waals surface area contributed by atoms with Crippen LogP contribution >= 0.6 is 11.6 Å². The number of rotatable bonds is 7. The van der Waals surface area contributed by atoms with Crippen molar-refractivity contribution in [2.24, 2.45) is 0 Å². The van der Waals surface area contributed by atoms with Crippen LogP contribution < -0.4 is 10.1 Å². The van der Waals surface area contributed by atoms with Gasteiger partial charge in [-0.05, 0) is 31.2 Å². The molecule has 0 aliphatic rings. The molecular weight excluding hydrogens is 353 g/mol. The van der Waals surface area contributed by atoms with Crippen LogP contribution in [0.4, 0.5) is 10.1 Å². The predicted molar refractivity (Wildman–Crippen MR) is 94.4 cm³/mol. The van der Waals surface area contributed by atoms with Crippen LogP contribution in [-0.4, -0.2) is 27.7 Å². The van der Waals surface area contributed by atoms with Crippen LogP contribution in [0.3, 0.4) is 0 Å². The van der Waals surface area contributed by atoms with Crippen LogP contribution in [0.1, 0.15) is 6.92 Å². The topological polar surface area (TPSA) is 55.4 Å². The fourth-order valence-electron chi connectivity index (χ4n) is 1.89. The van der Waals surface area contributed by atoms with E-state index in [1.54, 1.807) is 30.3 Å². The van der Waals surface area contributed by atoms with E-state index in [0.717, 1.165) is 0 Å². The highest BCUT2D eigenvalue weighted by Gasteiger charge is 2.21. The molecule has 0 saturated heterocycles. The van der Waals surface area contributed by atoms with E-state index in [-0.39, 0.29) is 18.0 Å². The lowest BCUT2D eigenvalue weighted by Gasteiger charge is -2.13. The molecule has 0 heterocycles. The Morgan fingerprint density at radius 3 is 2.62 bits per heavy atom. The van der Waals surface area contributed by atoms with E-state index in [1.165, 1.54) is 25.1 Å². The Hall–Kier alpha value is -1.92. The highest BCUT2D eigenvalue weighted by atomic mass is 35.5. The molecule has 7 heteroatoms. The Kier molecular flexibility index (Phi) is 6.75. The van der Waals surface area contributed by atoms with Crippen LogP contribution in [0.25, 0.3) is 0 Å². The summed E-state index contributed by atoms with van der Waals surface area (Å²) in [4.78, 5) is 12.1. The van der Waals surface area contributed by atoms with Crippen molar-refractivity contribution in [1.82, 2.24) is 0 Å². The van der Waals surface area contributed by atoms with Crippen molar-refractivity contribution in [2.75, 3.05) is 17.7 Å². The molecule has 0 aliphatic heterocycles. The molecule has 0 radical (unpaired) electrons. The zero-order chi connectivity index (χ0) is 17.5. The van der Waals surface area contributed by atoms with Crippen molar-refractivity contribution < 1.29 is 18.1 Å². The van der Waals surface area contributed by atoms with E-state index in [4.69, 9.17) is 16.3 Å². The first-order chi connectivity index (χ1) is 11.5. The molecule has 0 fully saturated rings. The van der Waals surface area contributed by atoms with Crippen LogP contribution in [0.2, 0.25) is 5.02 Å². The summed E-state index contributed by atoms with van der Waals surface area (Å²) in [5.41, 5.74) is 0.0682. The second-order valence-electron chi connectivity index (χ2n) is 4.98. The minimum atomic E-state index is -1.46. The molecule has 128 valence electrons. The third-order valence-corrected chi connectivity index (χ3v) is 5.16. The lowest BCUT2D eigenvalue weighted by Crippen LogP contribution is -2.31. The molecule has 2 aromatic carbocycles. The van der Waals surface area contributed by atoms with Gasteiger partial charge in [0.1, 0.15) is 16.8 Å². The van der Waals surface area contributed by atoms with E-state index in [9.17, 15) is 13.4 Å².